The highest BCUT2D eigenvalue weighted by Crippen LogP contribution is 2.36. The van der Waals surface area contributed by atoms with Gasteiger partial charge in [-0.05, 0) is 37.3 Å². The Morgan fingerprint density at radius 3 is 2.44 bits per heavy atom. The van der Waals surface area contributed by atoms with Crippen LogP contribution in [0.2, 0.25) is 0 Å². The van der Waals surface area contributed by atoms with Crippen LogP contribution in [0.25, 0.3) is 0 Å². The largest absolute Gasteiger partial charge is 0.478 e. The summed E-state index contributed by atoms with van der Waals surface area (Å²) in [4.78, 5) is 12.0. The normalized spacial score (nSPS) is 12.6. The molecule has 0 aromatic heterocycles. The van der Waals surface area contributed by atoms with Crippen LogP contribution in [0, 0.1) is 11.6 Å². The first-order chi connectivity index (χ1) is 11.6. The summed E-state index contributed by atoms with van der Waals surface area (Å²) in [6, 6.07) is 5.71. The number of carbonyl (C=O) groups excluding carboxylic acids is 1. The number of anilines is 1. The third-order valence-electron chi connectivity index (χ3n) is 3.11. The molecule has 0 saturated carbocycles. The molecule has 0 aliphatic carbocycles. The summed E-state index contributed by atoms with van der Waals surface area (Å²) in [6.45, 7) is 1.23. The van der Waals surface area contributed by atoms with Gasteiger partial charge in [0.05, 0.1) is 11.3 Å². The lowest BCUT2D eigenvalue weighted by Crippen LogP contribution is -2.31. The molecule has 0 saturated heterocycles. The average molecular weight is 424 g/mol. The highest BCUT2D eigenvalue weighted by atomic mass is 79.9. The second-order valence-electron chi connectivity index (χ2n) is 5.01. The van der Waals surface area contributed by atoms with Crippen LogP contribution in [-0.4, -0.2) is 12.0 Å². The maximum atomic E-state index is 13.5. The summed E-state index contributed by atoms with van der Waals surface area (Å²) in [7, 11) is 0. The molecule has 25 heavy (non-hydrogen) atoms. The number of hydrogen-bond acceptors (Lipinski definition) is 2. The van der Waals surface area contributed by atoms with Gasteiger partial charge in [0.1, 0.15) is 5.82 Å². The number of hydrogen-bond donors (Lipinski definition) is 1. The lowest BCUT2D eigenvalue weighted by Gasteiger charge is -2.18. The smallest absolute Gasteiger partial charge is 0.418 e. The lowest BCUT2D eigenvalue weighted by molar-refractivity contribution is -0.137. The van der Waals surface area contributed by atoms with Crippen molar-refractivity contribution >= 4 is 27.5 Å². The van der Waals surface area contributed by atoms with E-state index in [0.717, 1.165) is 24.3 Å². The zero-order valence-corrected chi connectivity index (χ0v) is 14.2. The highest BCUT2D eigenvalue weighted by molar-refractivity contribution is 9.10. The van der Waals surface area contributed by atoms with Crippen molar-refractivity contribution in [3.05, 3.63) is 58.1 Å². The SMILES string of the molecule is CC(Oc1ccc(F)cc1F)C(=O)Nc1ccc(Br)cc1C(F)(F)F. The zero-order valence-electron chi connectivity index (χ0n) is 12.6. The molecular formula is C16H11BrF5NO2. The Morgan fingerprint density at radius 2 is 1.84 bits per heavy atom. The van der Waals surface area contributed by atoms with E-state index in [0.29, 0.717) is 6.07 Å². The molecule has 2 aromatic carbocycles. The van der Waals surface area contributed by atoms with E-state index >= 15 is 0 Å². The molecule has 3 nitrogen and oxygen atoms in total. The summed E-state index contributed by atoms with van der Waals surface area (Å²) in [5.41, 5.74) is -1.51. The molecule has 0 fully saturated rings. The number of nitrogens with one attached hydrogen (secondary N) is 1. The van der Waals surface area contributed by atoms with Gasteiger partial charge in [0.2, 0.25) is 0 Å². The first-order valence-electron chi connectivity index (χ1n) is 6.87. The minimum absolute atomic E-state index is 0.190. The van der Waals surface area contributed by atoms with Crippen LogP contribution in [0.3, 0.4) is 0 Å². The van der Waals surface area contributed by atoms with Gasteiger partial charge in [-0.3, -0.25) is 4.79 Å². The van der Waals surface area contributed by atoms with Crippen molar-refractivity contribution in [3.63, 3.8) is 0 Å². The standard InChI is InChI=1S/C16H11BrF5NO2/c1-8(25-14-5-3-10(18)7-12(14)19)15(24)23-13-4-2-9(17)6-11(13)16(20,21)22/h2-8H,1H3,(H,23,24). The zero-order chi connectivity index (χ0) is 18.8. The summed E-state index contributed by atoms with van der Waals surface area (Å²) >= 11 is 2.93. The van der Waals surface area contributed by atoms with E-state index in [9.17, 15) is 26.7 Å². The number of ether oxygens (including phenoxy) is 1. The molecule has 1 amide bonds. The Balaban J connectivity index is 2.16. The van der Waals surface area contributed by atoms with Gasteiger partial charge in [0.15, 0.2) is 17.7 Å². The van der Waals surface area contributed by atoms with Crippen LogP contribution in [0.15, 0.2) is 40.9 Å². The summed E-state index contributed by atoms with van der Waals surface area (Å²) in [5, 5.41) is 2.09. The Morgan fingerprint density at radius 1 is 1.16 bits per heavy atom. The number of rotatable bonds is 4. The Bertz CT molecular complexity index is 795. The van der Waals surface area contributed by atoms with Crippen LogP contribution in [-0.2, 0) is 11.0 Å². The first-order valence-corrected chi connectivity index (χ1v) is 7.66. The average Bonchev–Trinajstić information content (AvgIpc) is 2.50. The maximum Gasteiger partial charge on any atom is 0.418 e. The molecular weight excluding hydrogens is 413 g/mol. The van der Waals surface area contributed by atoms with E-state index in [-0.39, 0.29) is 4.47 Å². The van der Waals surface area contributed by atoms with Gasteiger partial charge in [-0.2, -0.15) is 13.2 Å². The van der Waals surface area contributed by atoms with Gasteiger partial charge < -0.3 is 10.1 Å². The molecule has 1 N–H and O–H groups in total. The van der Waals surface area contributed by atoms with E-state index in [4.69, 9.17) is 4.74 Å². The van der Waals surface area contributed by atoms with E-state index in [1.54, 1.807) is 0 Å². The van der Waals surface area contributed by atoms with E-state index < -0.39 is 46.8 Å². The number of halogens is 6. The quantitative estimate of drug-likeness (QED) is 0.690. The van der Waals surface area contributed by atoms with Crippen molar-refractivity contribution in [1.29, 1.82) is 0 Å². The van der Waals surface area contributed by atoms with Gasteiger partial charge >= 0.3 is 6.18 Å². The second kappa shape index (κ2) is 7.38. The van der Waals surface area contributed by atoms with Gasteiger partial charge in [-0.25, -0.2) is 8.78 Å². The van der Waals surface area contributed by atoms with Crippen molar-refractivity contribution in [2.24, 2.45) is 0 Å². The minimum atomic E-state index is -4.68. The van der Waals surface area contributed by atoms with Crippen LogP contribution >= 0.6 is 15.9 Å². The van der Waals surface area contributed by atoms with Crippen molar-refractivity contribution in [1.82, 2.24) is 0 Å². The molecule has 0 bridgehead atoms. The van der Waals surface area contributed by atoms with E-state index in [2.05, 4.69) is 21.2 Å². The monoisotopic (exact) mass is 423 g/mol. The maximum absolute atomic E-state index is 13.5. The van der Waals surface area contributed by atoms with E-state index in [1.807, 2.05) is 0 Å². The number of alkyl halides is 3. The Labute approximate surface area is 147 Å². The Hall–Kier alpha value is -2.16. The van der Waals surface area contributed by atoms with Crippen molar-refractivity contribution in [3.8, 4) is 5.75 Å². The predicted octanol–water partition coefficient (Wildman–Crippen LogP) is 5.15. The van der Waals surface area contributed by atoms with Crippen LogP contribution in [0.1, 0.15) is 12.5 Å². The van der Waals surface area contributed by atoms with Crippen molar-refractivity contribution in [2.75, 3.05) is 5.32 Å². The van der Waals surface area contributed by atoms with Crippen LogP contribution < -0.4 is 10.1 Å². The van der Waals surface area contributed by atoms with Gasteiger partial charge in [0, 0.05) is 10.5 Å². The lowest BCUT2D eigenvalue weighted by atomic mass is 10.1. The second-order valence-corrected chi connectivity index (χ2v) is 5.93. The number of carbonyl (C=O) groups is 1. The van der Waals surface area contributed by atoms with Crippen molar-refractivity contribution < 1.29 is 31.5 Å². The molecule has 0 aliphatic rings. The number of amides is 1. The summed E-state index contributed by atoms with van der Waals surface area (Å²) in [6.07, 6.45) is -6.00. The van der Waals surface area contributed by atoms with Gasteiger partial charge in [-0.15, -0.1) is 0 Å². The molecule has 1 unspecified atom stereocenters. The van der Waals surface area contributed by atoms with Gasteiger partial charge in [0.25, 0.3) is 5.91 Å². The molecule has 0 heterocycles. The molecule has 9 heteroatoms. The third kappa shape index (κ3) is 4.91. The highest BCUT2D eigenvalue weighted by Gasteiger charge is 2.34. The molecule has 0 radical (unpaired) electrons. The number of benzene rings is 2. The molecule has 134 valence electrons. The third-order valence-corrected chi connectivity index (χ3v) is 3.61. The fraction of sp³-hybridized carbons (Fsp3) is 0.188. The summed E-state index contributed by atoms with van der Waals surface area (Å²) in [5.74, 6) is -3.17. The molecule has 1 atom stereocenters. The first kappa shape index (κ1) is 19.2. The molecule has 2 rings (SSSR count). The summed E-state index contributed by atoms with van der Waals surface area (Å²) < 4.78 is 70.7. The minimum Gasteiger partial charge on any atom is -0.478 e. The molecule has 0 aliphatic heterocycles. The van der Waals surface area contributed by atoms with Crippen LogP contribution in [0.5, 0.6) is 5.75 Å². The fourth-order valence-corrected chi connectivity index (χ4v) is 2.27. The van der Waals surface area contributed by atoms with Gasteiger partial charge in [-0.1, -0.05) is 15.9 Å². The van der Waals surface area contributed by atoms with E-state index in [1.165, 1.54) is 13.0 Å². The molecule has 2 aromatic rings. The fourth-order valence-electron chi connectivity index (χ4n) is 1.91. The topological polar surface area (TPSA) is 38.3 Å². The van der Waals surface area contributed by atoms with Crippen molar-refractivity contribution in [2.45, 2.75) is 19.2 Å². The van der Waals surface area contributed by atoms with Crippen LogP contribution in [0.4, 0.5) is 27.6 Å². The predicted molar refractivity (Wildman–Crippen MR) is 84.2 cm³/mol. The molecule has 0 spiro atoms. The Kier molecular flexibility index (Phi) is 5.66.